The van der Waals surface area contributed by atoms with Crippen LogP contribution in [0.1, 0.15) is 18.1 Å². The number of primary amides is 1. The van der Waals surface area contributed by atoms with Crippen LogP contribution in [0.25, 0.3) is 0 Å². The first kappa shape index (κ1) is 14.5. The molecule has 0 aromatic heterocycles. The van der Waals surface area contributed by atoms with Crippen molar-refractivity contribution >= 4 is 21.6 Å². The van der Waals surface area contributed by atoms with Crippen molar-refractivity contribution in [1.29, 1.82) is 0 Å². The van der Waals surface area contributed by atoms with Crippen LogP contribution in [-0.4, -0.2) is 26.6 Å². The van der Waals surface area contributed by atoms with Gasteiger partial charge in [0.2, 0.25) is 15.9 Å². The second kappa shape index (κ2) is 5.39. The molecule has 0 saturated carbocycles. The van der Waals surface area contributed by atoms with Crippen LogP contribution in [0.2, 0.25) is 0 Å². The minimum absolute atomic E-state index is 0.0753. The molecule has 1 amide bonds. The highest BCUT2D eigenvalue weighted by Crippen LogP contribution is 2.26. The second-order valence-corrected chi connectivity index (χ2v) is 6.30. The molecule has 0 fully saturated rings. The smallest absolute Gasteiger partial charge is 0.238 e. The summed E-state index contributed by atoms with van der Waals surface area (Å²) in [5.41, 5.74) is 7.28. The third-order valence-corrected chi connectivity index (χ3v) is 4.40. The van der Waals surface area contributed by atoms with E-state index < -0.39 is 15.9 Å². The number of nitrogens with two attached hydrogens (primary N) is 1. The predicted molar refractivity (Wildman–Crippen MR) is 71.9 cm³/mol. The van der Waals surface area contributed by atoms with Gasteiger partial charge in [0.1, 0.15) is 6.54 Å². The van der Waals surface area contributed by atoms with Crippen LogP contribution in [0.4, 0.5) is 5.69 Å². The standard InChI is InChI=1S/C12H18N2O3S/c1-4-18(16,17)14(8-11(13)15)12-9(2)6-5-7-10(12)3/h5-7H,4,8H2,1-3H3,(H2,13,15). The van der Waals surface area contributed by atoms with E-state index in [1.54, 1.807) is 0 Å². The van der Waals surface area contributed by atoms with Crippen LogP contribution >= 0.6 is 0 Å². The first-order chi connectivity index (χ1) is 8.29. The van der Waals surface area contributed by atoms with Gasteiger partial charge in [-0.25, -0.2) is 8.42 Å². The number of hydrogen-bond acceptors (Lipinski definition) is 3. The molecule has 0 spiro atoms. The summed E-state index contributed by atoms with van der Waals surface area (Å²) in [5.74, 6) is -0.747. The van der Waals surface area contributed by atoms with Crippen molar-refractivity contribution in [2.45, 2.75) is 20.8 Å². The molecular formula is C12H18N2O3S. The van der Waals surface area contributed by atoms with Crippen molar-refractivity contribution in [1.82, 2.24) is 0 Å². The number of benzene rings is 1. The van der Waals surface area contributed by atoms with Gasteiger partial charge in [-0.05, 0) is 31.9 Å². The van der Waals surface area contributed by atoms with Gasteiger partial charge in [-0.1, -0.05) is 18.2 Å². The summed E-state index contributed by atoms with van der Waals surface area (Å²) in [6.45, 7) is 4.82. The van der Waals surface area contributed by atoms with Gasteiger partial charge < -0.3 is 5.73 Å². The molecule has 6 heteroatoms. The van der Waals surface area contributed by atoms with Crippen LogP contribution in [0.15, 0.2) is 18.2 Å². The summed E-state index contributed by atoms with van der Waals surface area (Å²) in [5, 5.41) is 0. The van der Waals surface area contributed by atoms with Gasteiger partial charge in [-0.2, -0.15) is 0 Å². The van der Waals surface area contributed by atoms with E-state index in [2.05, 4.69) is 0 Å². The number of anilines is 1. The Morgan fingerprint density at radius 3 is 2.17 bits per heavy atom. The topological polar surface area (TPSA) is 80.5 Å². The Bertz CT molecular complexity index is 532. The number of amides is 1. The molecule has 0 bridgehead atoms. The van der Waals surface area contributed by atoms with E-state index in [0.717, 1.165) is 15.4 Å². The SMILES string of the molecule is CCS(=O)(=O)N(CC(N)=O)c1c(C)cccc1C. The maximum Gasteiger partial charge on any atom is 0.238 e. The lowest BCUT2D eigenvalue weighted by molar-refractivity contribution is -0.116. The van der Waals surface area contributed by atoms with E-state index >= 15 is 0 Å². The van der Waals surface area contributed by atoms with Crippen molar-refractivity contribution in [3.05, 3.63) is 29.3 Å². The van der Waals surface area contributed by atoms with E-state index in [0.29, 0.717) is 5.69 Å². The molecule has 0 atom stereocenters. The quantitative estimate of drug-likeness (QED) is 0.864. The highest BCUT2D eigenvalue weighted by molar-refractivity contribution is 7.92. The van der Waals surface area contributed by atoms with Crippen molar-refractivity contribution in [2.24, 2.45) is 5.73 Å². The number of aryl methyl sites for hydroxylation is 2. The fraction of sp³-hybridized carbons (Fsp3) is 0.417. The van der Waals surface area contributed by atoms with Gasteiger partial charge in [0.15, 0.2) is 0 Å². The fourth-order valence-electron chi connectivity index (χ4n) is 1.81. The minimum Gasteiger partial charge on any atom is -0.368 e. The largest absolute Gasteiger partial charge is 0.368 e. The van der Waals surface area contributed by atoms with Gasteiger partial charge in [0.25, 0.3) is 0 Å². The van der Waals surface area contributed by atoms with Gasteiger partial charge >= 0.3 is 0 Å². The molecule has 1 aromatic rings. The molecule has 1 aromatic carbocycles. The normalized spacial score (nSPS) is 11.3. The Morgan fingerprint density at radius 2 is 1.78 bits per heavy atom. The summed E-state index contributed by atoms with van der Waals surface area (Å²) in [6.07, 6.45) is 0. The Labute approximate surface area is 108 Å². The van der Waals surface area contributed by atoms with Crippen LogP contribution in [0.3, 0.4) is 0 Å². The molecule has 0 aliphatic rings. The lowest BCUT2D eigenvalue weighted by Gasteiger charge is -2.25. The monoisotopic (exact) mass is 270 g/mol. The van der Waals surface area contributed by atoms with E-state index in [-0.39, 0.29) is 12.3 Å². The fourth-order valence-corrected chi connectivity index (χ4v) is 3.01. The average Bonchev–Trinajstić information content (AvgIpc) is 2.27. The maximum atomic E-state index is 12.1. The average molecular weight is 270 g/mol. The molecule has 0 heterocycles. The Morgan fingerprint density at radius 1 is 1.28 bits per heavy atom. The number of hydrogen-bond donors (Lipinski definition) is 1. The number of nitrogens with zero attached hydrogens (tertiary/aromatic N) is 1. The summed E-state index contributed by atoms with van der Waals surface area (Å²) in [6, 6.07) is 5.46. The molecule has 100 valence electrons. The first-order valence-electron chi connectivity index (χ1n) is 5.64. The lowest BCUT2D eigenvalue weighted by atomic mass is 10.1. The Balaban J connectivity index is 3.40. The van der Waals surface area contributed by atoms with Crippen LogP contribution < -0.4 is 10.0 Å². The van der Waals surface area contributed by atoms with Gasteiger partial charge in [-0.3, -0.25) is 9.10 Å². The van der Waals surface area contributed by atoms with E-state index in [9.17, 15) is 13.2 Å². The number of sulfonamides is 1. The van der Waals surface area contributed by atoms with Crippen LogP contribution in [0.5, 0.6) is 0 Å². The number of rotatable bonds is 5. The Hall–Kier alpha value is -1.56. The molecule has 0 aliphatic carbocycles. The van der Waals surface area contributed by atoms with Crippen molar-refractivity contribution < 1.29 is 13.2 Å². The van der Waals surface area contributed by atoms with Crippen LogP contribution in [-0.2, 0) is 14.8 Å². The zero-order valence-corrected chi connectivity index (χ0v) is 11.6. The molecule has 0 unspecified atom stereocenters. The third-order valence-electron chi connectivity index (χ3n) is 2.69. The predicted octanol–water partition coefficient (Wildman–Crippen LogP) is 0.945. The molecular weight excluding hydrogens is 252 g/mol. The molecule has 1 rings (SSSR count). The van der Waals surface area contributed by atoms with Crippen molar-refractivity contribution in [3.63, 3.8) is 0 Å². The maximum absolute atomic E-state index is 12.1. The van der Waals surface area contributed by atoms with Crippen molar-refractivity contribution in [3.8, 4) is 0 Å². The second-order valence-electron chi connectivity index (χ2n) is 4.11. The Kier molecular flexibility index (Phi) is 4.34. The van der Waals surface area contributed by atoms with Gasteiger partial charge in [-0.15, -0.1) is 0 Å². The van der Waals surface area contributed by atoms with Crippen LogP contribution in [0, 0.1) is 13.8 Å². The number of para-hydroxylation sites is 1. The highest BCUT2D eigenvalue weighted by Gasteiger charge is 2.24. The van der Waals surface area contributed by atoms with Gasteiger partial charge in [0.05, 0.1) is 11.4 Å². The summed E-state index contributed by atoms with van der Waals surface area (Å²) >= 11 is 0. The minimum atomic E-state index is -3.52. The van der Waals surface area contributed by atoms with E-state index in [1.807, 2.05) is 32.0 Å². The molecule has 0 radical (unpaired) electrons. The number of carbonyl (C=O) groups is 1. The number of carbonyl (C=O) groups excluding carboxylic acids is 1. The zero-order valence-electron chi connectivity index (χ0n) is 10.8. The highest BCUT2D eigenvalue weighted by atomic mass is 32.2. The molecule has 0 aliphatic heterocycles. The van der Waals surface area contributed by atoms with E-state index in [1.165, 1.54) is 6.92 Å². The van der Waals surface area contributed by atoms with Crippen molar-refractivity contribution in [2.75, 3.05) is 16.6 Å². The van der Waals surface area contributed by atoms with E-state index in [4.69, 9.17) is 5.73 Å². The molecule has 5 nitrogen and oxygen atoms in total. The third kappa shape index (κ3) is 3.01. The van der Waals surface area contributed by atoms with Gasteiger partial charge in [0, 0.05) is 0 Å². The zero-order chi connectivity index (χ0) is 13.9. The lowest BCUT2D eigenvalue weighted by Crippen LogP contribution is -2.40. The first-order valence-corrected chi connectivity index (χ1v) is 7.25. The molecule has 0 saturated heterocycles. The molecule has 18 heavy (non-hydrogen) atoms. The molecule has 2 N–H and O–H groups in total. The summed E-state index contributed by atoms with van der Waals surface area (Å²) < 4.78 is 25.2. The summed E-state index contributed by atoms with van der Waals surface area (Å²) in [4.78, 5) is 11.1. The summed E-state index contributed by atoms with van der Waals surface area (Å²) in [7, 11) is -3.52.